The summed E-state index contributed by atoms with van der Waals surface area (Å²) in [4.78, 5) is 4.54. The molecule has 2 heterocycles. The first-order valence-electron chi connectivity index (χ1n) is 6.55. The van der Waals surface area contributed by atoms with Crippen molar-refractivity contribution in [3.63, 3.8) is 0 Å². The summed E-state index contributed by atoms with van der Waals surface area (Å²) in [5, 5.41) is 3.46. The molecule has 1 aromatic carbocycles. The average molecular weight is 310 g/mol. The van der Waals surface area contributed by atoms with Gasteiger partial charge in [-0.1, -0.05) is 11.8 Å². The van der Waals surface area contributed by atoms with E-state index in [2.05, 4.69) is 34.8 Å². The molecule has 4 nitrogen and oxygen atoms in total. The summed E-state index contributed by atoms with van der Waals surface area (Å²) in [5.41, 5.74) is 2.15. The van der Waals surface area contributed by atoms with Crippen LogP contribution in [0, 0.1) is 0 Å². The normalized spacial score (nSPS) is 19.4. The molecular formula is C14H18N2O2S2. The highest BCUT2D eigenvalue weighted by molar-refractivity contribution is 8.00. The second-order valence-corrected chi connectivity index (χ2v) is 7.31. The number of anilines is 1. The quantitative estimate of drug-likeness (QED) is 0.878. The summed E-state index contributed by atoms with van der Waals surface area (Å²) in [6.45, 7) is 5.20. The van der Waals surface area contributed by atoms with Crippen LogP contribution in [0.3, 0.4) is 0 Å². The molecule has 1 aliphatic heterocycles. The zero-order valence-corrected chi connectivity index (χ0v) is 13.4. The number of thiazole rings is 1. The Morgan fingerprint density at radius 2 is 2.10 bits per heavy atom. The zero-order chi connectivity index (χ0) is 14.2. The first-order valence-corrected chi connectivity index (χ1v) is 8.59. The van der Waals surface area contributed by atoms with E-state index in [-0.39, 0.29) is 6.04 Å². The number of fused-ring (bicyclic) bond motifs is 1. The van der Waals surface area contributed by atoms with Crippen molar-refractivity contribution < 1.29 is 9.47 Å². The van der Waals surface area contributed by atoms with Gasteiger partial charge in [-0.05, 0) is 38.3 Å². The summed E-state index contributed by atoms with van der Waals surface area (Å²) < 4.78 is 13.6. The molecule has 0 spiro atoms. The van der Waals surface area contributed by atoms with Crippen LogP contribution in [-0.2, 0) is 9.47 Å². The van der Waals surface area contributed by atoms with Crippen LogP contribution in [0.1, 0.15) is 13.8 Å². The molecule has 0 unspecified atom stereocenters. The van der Waals surface area contributed by atoms with Gasteiger partial charge in [0.15, 0.2) is 10.1 Å². The van der Waals surface area contributed by atoms with E-state index in [1.165, 1.54) is 4.70 Å². The van der Waals surface area contributed by atoms with E-state index in [0.29, 0.717) is 13.2 Å². The van der Waals surface area contributed by atoms with Gasteiger partial charge in [0, 0.05) is 5.69 Å². The van der Waals surface area contributed by atoms with Crippen molar-refractivity contribution in [2.75, 3.05) is 24.8 Å². The predicted molar refractivity (Wildman–Crippen MR) is 84.8 cm³/mol. The minimum atomic E-state index is -0.465. The first-order chi connectivity index (χ1) is 9.55. The van der Waals surface area contributed by atoms with Gasteiger partial charge < -0.3 is 14.8 Å². The molecular weight excluding hydrogens is 292 g/mol. The lowest BCUT2D eigenvalue weighted by Gasteiger charge is -2.35. The van der Waals surface area contributed by atoms with E-state index in [4.69, 9.17) is 9.47 Å². The Balaban J connectivity index is 1.71. The van der Waals surface area contributed by atoms with Crippen molar-refractivity contribution in [2.24, 2.45) is 0 Å². The molecule has 0 aliphatic carbocycles. The molecule has 1 aromatic heterocycles. The van der Waals surface area contributed by atoms with Crippen LogP contribution in [0.15, 0.2) is 22.5 Å². The van der Waals surface area contributed by atoms with Gasteiger partial charge in [-0.25, -0.2) is 4.98 Å². The van der Waals surface area contributed by atoms with Gasteiger partial charge in [-0.3, -0.25) is 0 Å². The number of nitrogens with one attached hydrogen (secondary N) is 1. The van der Waals surface area contributed by atoms with Crippen LogP contribution >= 0.6 is 23.1 Å². The molecule has 0 saturated carbocycles. The first kappa shape index (κ1) is 14.1. The Kier molecular flexibility index (Phi) is 3.90. The number of thioether (sulfide) groups is 1. The van der Waals surface area contributed by atoms with Crippen molar-refractivity contribution in [1.82, 2.24) is 4.98 Å². The van der Waals surface area contributed by atoms with Gasteiger partial charge >= 0.3 is 0 Å². The molecule has 6 heteroatoms. The lowest BCUT2D eigenvalue weighted by atomic mass is 10.2. The van der Waals surface area contributed by atoms with E-state index >= 15 is 0 Å². The second kappa shape index (κ2) is 5.52. The van der Waals surface area contributed by atoms with E-state index in [1.807, 2.05) is 13.8 Å². The molecule has 0 radical (unpaired) electrons. The Labute approximate surface area is 126 Å². The van der Waals surface area contributed by atoms with E-state index in [1.54, 1.807) is 23.1 Å². The SMILES string of the molecule is CSc1nc2ccc(NC3COC(C)(C)OC3)cc2s1. The fourth-order valence-electron chi connectivity index (χ4n) is 2.09. The van der Waals surface area contributed by atoms with Gasteiger partial charge in [-0.15, -0.1) is 11.3 Å². The lowest BCUT2D eigenvalue weighted by Crippen LogP contribution is -2.45. The van der Waals surface area contributed by atoms with Crippen molar-refractivity contribution in [3.05, 3.63) is 18.2 Å². The number of benzene rings is 1. The van der Waals surface area contributed by atoms with Gasteiger partial charge in [0.2, 0.25) is 0 Å². The minimum Gasteiger partial charge on any atom is -0.378 e. The third kappa shape index (κ3) is 3.09. The largest absolute Gasteiger partial charge is 0.378 e. The third-order valence-corrected chi connectivity index (χ3v) is 5.18. The van der Waals surface area contributed by atoms with Crippen molar-refractivity contribution in [2.45, 2.75) is 30.0 Å². The molecule has 1 N–H and O–H groups in total. The summed E-state index contributed by atoms with van der Waals surface area (Å²) in [6.07, 6.45) is 2.05. The molecule has 1 saturated heterocycles. The highest BCUT2D eigenvalue weighted by Crippen LogP contribution is 2.30. The number of hydrogen-bond donors (Lipinski definition) is 1. The molecule has 0 amide bonds. The number of hydrogen-bond acceptors (Lipinski definition) is 6. The van der Waals surface area contributed by atoms with Gasteiger partial charge in [0.05, 0.1) is 29.5 Å². The maximum atomic E-state index is 5.66. The Morgan fingerprint density at radius 1 is 1.35 bits per heavy atom. The van der Waals surface area contributed by atoms with Gasteiger partial charge in [0.1, 0.15) is 0 Å². The number of rotatable bonds is 3. The highest BCUT2D eigenvalue weighted by atomic mass is 32.2. The molecule has 0 bridgehead atoms. The molecule has 108 valence electrons. The fraction of sp³-hybridized carbons (Fsp3) is 0.500. The summed E-state index contributed by atoms with van der Waals surface area (Å²) >= 11 is 3.41. The van der Waals surface area contributed by atoms with E-state index < -0.39 is 5.79 Å². The highest BCUT2D eigenvalue weighted by Gasteiger charge is 2.28. The van der Waals surface area contributed by atoms with Crippen LogP contribution in [0.25, 0.3) is 10.2 Å². The van der Waals surface area contributed by atoms with Crippen LogP contribution in [-0.4, -0.2) is 36.3 Å². The Morgan fingerprint density at radius 3 is 2.80 bits per heavy atom. The minimum absolute atomic E-state index is 0.188. The molecule has 1 fully saturated rings. The Hall–Kier alpha value is -0.820. The third-order valence-electron chi connectivity index (χ3n) is 3.18. The van der Waals surface area contributed by atoms with Crippen molar-refractivity contribution >= 4 is 39.0 Å². The van der Waals surface area contributed by atoms with Crippen LogP contribution < -0.4 is 5.32 Å². The summed E-state index contributed by atoms with van der Waals surface area (Å²) in [7, 11) is 0. The fourth-order valence-corrected chi connectivity index (χ4v) is 3.62. The standard InChI is InChI=1S/C14H18N2O2S2/c1-14(2)17-7-10(8-18-14)15-9-4-5-11-12(6-9)20-13(16-11)19-3/h4-6,10,15H,7-8H2,1-3H3. The number of aromatic nitrogens is 1. The number of ether oxygens (including phenoxy) is 2. The van der Waals surface area contributed by atoms with Crippen LogP contribution in [0.2, 0.25) is 0 Å². The molecule has 1 aliphatic rings. The molecule has 2 aromatic rings. The van der Waals surface area contributed by atoms with Crippen molar-refractivity contribution in [1.29, 1.82) is 0 Å². The van der Waals surface area contributed by atoms with Gasteiger partial charge in [-0.2, -0.15) is 0 Å². The van der Waals surface area contributed by atoms with E-state index in [9.17, 15) is 0 Å². The van der Waals surface area contributed by atoms with Gasteiger partial charge in [0.25, 0.3) is 0 Å². The smallest absolute Gasteiger partial charge is 0.162 e. The van der Waals surface area contributed by atoms with E-state index in [0.717, 1.165) is 15.5 Å². The topological polar surface area (TPSA) is 43.4 Å². The molecule has 3 rings (SSSR count). The molecule has 20 heavy (non-hydrogen) atoms. The predicted octanol–water partition coefficient (Wildman–Crippen LogP) is 3.58. The average Bonchev–Trinajstić information content (AvgIpc) is 2.83. The lowest BCUT2D eigenvalue weighted by molar-refractivity contribution is -0.247. The maximum Gasteiger partial charge on any atom is 0.162 e. The van der Waals surface area contributed by atoms with Crippen molar-refractivity contribution in [3.8, 4) is 0 Å². The Bertz CT molecular complexity index is 602. The maximum absolute atomic E-state index is 5.66. The molecule has 0 atom stereocenters. The second-order valence-electron chi connectivity index (χ2n) is 5.23. The monoisotopic (exact) mass is 310 g/mol. The van der Waals surface area contributed by atoms with Crippen LogP contribution in [0.4, 0.5) is 5.69 Å². The van der Waals surface area contributed by atoms with Crippen LogP contribution in [0.5, 0.6) is 0 Å². The summed E-state index contributed by atoms with van der Waals surface area (Å²) in [6, 6.07) is 6.45. The zero-order valence-electron chi connectivity index (χ0n) is 11.8. The number of nitrogens with zero attached hydrogens (tertiary/aromatic N) is 1. The summed E-state index contributed by atoms with van der Waals surface area (Å²) in [5.74, 6) is -0.465.